The predicted octanol–water partition coefficient (Wildman–Crippen LogP) is 1.07. The first kappa shape index (κ1) is 13.9. The summed E-state index contributed by atoms with van der Waals surface area (Å²) in [5.41, 5.74) is -0.914. The third-order valence-electron chi connectivity index (χ3n) is 4.08. The molecule has 2 aliphatic rings. The van der Waals surface area contributed by atoms with Crippen molar-refractivity contribution >= 4 is 11.8 Å². The van der Waals surface area contributed by atoms with E-state index < -0.39 is 30.2 Å². The van der Waals surface area contributed by atoms with E-state index in [-0.39, 0.29) is 18.0 Å². The Morgan fingerprint density at radius 1 is 1.38 bits per heavy atom. The van der Waals surface area contributed by atoms with Crippen molar-refractivity contribution in [3.63, 3.8) is 0 Å². The second-order valence-electron chi connectivity index (χ2n) is 5.72. The molecule has 112 valence electrons. The fourth-order valence-corrected chi connectivity index (χ4v) is 3.16. The molecule has 1 aromatic heterocycles. The summed E-state index contributed by atoms with van der Waals surface area (Å²) >= 11 is 0. The molecule has 21 heavy (non-hydrogen) atoms. The van der Waals surface area contributed by atoms with E-state index in [9.17, 15) is 18.4 Å². The molecule has 2 amide bonds. The number of hydrogen-bond acceptors (Lipinski definition) is 3. The number of piperidine rings is 1. The number of aromatic nitrogens is 1. The van der Waals surface area contributed by atoms with Gasteiger partial charge in [0.25, 0.3) is 11.8 Å². The number of halogens is 2. The molecule has 3 rings (SSSR count). The SMILES string of the molecule is O=C(c1cccnc1)N1CC(F)(F)C[C@]2(CCNC2=O)C1. The molecule has 0 saturated carbocycles. The molecule has 2 aliphatic heterocycles. The first-order chi connectivity index (χ1) is 9.92. The highest BCUT2D eigenvalue weighted by Gasteiger charge is 2.55. The van der Waals surface area contributed by atoms with Gasteiger partial charge in [-0.3, -0.25) is 14.6 Å². The van der Waals surface area contributed by atoms with Gasteiger partial charge in [-0.25, -0.2) is 8.78 Å². The zero-order valence-corrected chi connectivity index (χ0v) is 11.3. The van der Waals surface area contributed by atoms with Crippen LogP contribution in [0.1, 0.15) is 23.2 Å². The molecule has 5 nitrogen and oxygen atoms in total. The highest BCUT2D eigenvalue weighted by Crippen LogP contribution is 2.43. The van der Waals surface area contributed by atoms with Gasteiger partial charge in [-0.15, -0.1) is 0 Å². The highest BCUT2D eigenvalue weighted by molar-refractivity contribution is 5.95. The van der Waals surface area contributed by atoms with Crippen molar-refractivity contribution in [3.8, 4) is 0 Å². The van der Waals surface area contributed by atoms with Gasteiger partial charge in [0, 0.05) is 31.9 Å². The molecule has 0 radical (unpaired) electrons. The van der Waals surface area contributed by atoms with E-state index in [1.807, 2.05) is 0 Å². The van der Waals surface area contributed by atoms with Crippen LogP contribution in [-0.4, -0.2) is 47.3 Å². The van der Waals surface area contributed by atoms with Crippen molar-refractivity contribution in [2.75, 3.05) is 19.6 Å². The maximum Gasteiger partial charge on any atom is 0.266 e. The van der Waals surface area contributed by atoms with E-state index in [1.54, 1.807) is 6.07 Å². The summed E-state index contributed by atoms with van der Waals surface area (Å²) in [4.78, 5) is 29.2. The summed E-state index contributed by atoms with van der Waals surface area (Å²) in [6.07, 6.45) is 2.69. The van der Waals surface area contributed by atoms with Crippen LogP contribution in [0, 0.1) is 5.41 Å². The lowest BCUT2D eigenvalue weighted by molar-refractivity contribution is -0.144. The molecule has 2 fully saturated rings. The predicted molar refractivity (Wildman–Crippen MR) is 69.8 cm³/mol. The van der Waals surface area contributed by atoms with E-state index in [0.717, 1.165) is 4.90 Å². The van der Waals surface area contributed by atoms with Gasteiger partial charge in [-0.2, -0.15) is 0 Å². The van der Waals surface area contributed by atoms with Crippen molar-refractivity contribution in [2.45, 2.75) is 18.8 Å². The topological polar surface area (TPSA) is 62.3 Å². The number of rotatable bonds is 1. The van der Waals surface area contributed by atoms with Crippen LogP contribution in [0.2, 0.25) is 0 Å². The third kappa shape index (κ3) is 2.48. The molecular formula is C14H15F2N3O2. The first-order valence-electron chi connectivity index (χ1n) is 6.77. The van der Waals surface area contributed by atoms with Crippen LogP contribution in [0.15, 0.2) is 24.5 Å². The minimum absolute atomic E-state index is 0.0299. The molecule has 0 aliphatic carbocycles. The zero-order chi connectivity index (χ0) is 15.1. The fourth-order valence-electron chi connectivity index (χ4n) is 3.16. The Balaban J connectivity index is 1.89. The van der Waals surface area contributed by atoms with Crippen molar-refractivity contribution in [3.05, 3.63) is 30.1 Å². The lowest BCUT2D eigenvalue weighted by Gasteiger charge is -2.42. The molecule has 0 bridgehead atoms. The largest absolute Gasteiger partial charge is 0.356 e. The monoisotopic (exact) mass is 295 g/mol. The Labute approximate surface area is 120 Å². The number of alkyl halides is 2. The van der Waals surface area contributed by atoms with Gasteiger partial charge in [0.2, 0.25) is 5.91 Å². The molecule has 2 saturated heterocycles. The number of likely N-dealkylation sites (tertiary alicyclic amines) is 1. The maximum absolute atomic E-state index is 14.0. The number of pyridine rings is 1. The van der Waals surface area contributed by atoms with E-state index in [1.165, 1.54) is 18.5 Å². The van der Waals surface area contributed by atoms with Gasteiger partial charge in [0.15, 0.2) is 0 Å². The second-order valence-corrected chi connectivity index (χ2v) is 5.72. The van der Waals surface area contributed by atoms with E-state index in [4.69, 9.17) is 0 Å². The highest BCUT2D eigenvalue weighted by atomic mass is 19.3. The summed E-state index contributed by atoms with van der Waals surface area (Å²) in [6.45, 7) is -0.248. The number of carbonyl (C=O) groups excluding carboxylic acids is 2. The molecule has 7 heteroatoms. The Bertz CT molecular complexity index is 579. The molecule has 1 atom stereocenters. The number of nitrogens with zero attached hydrogens (tertiary/aromatic N) is 2. The molecule has 0 unspecified atom stereocenters. The van der Waals surface area contributed by atoms with Crippen molar-refractivity contribution in [2.24, 2.45) is 5.41 Å². The third-order valence-corrected chi connectivity index (χ3v) is 4.08. The van der Waals surface area contributed by atoms with Crippen LogP contribution < -0.4 is 5.32 Å². The Hall–Kier alpha value is -2.05. The summed E-state index contributed by atoms with van der Waals surface area (Å²) in [7, 11) is 0. The van der Waals surface area contributed by atoms with Crippen molar-refractivity contribution in [1.29, 1.82) is 0 Å². The van der Waals surface area contributed by atoms with E-state index in [2.05, 4.69) is 10.3 Å². The van der Waals surface area contributed by atoms with Gasteiger partial charge in [-0.1, -0.05) is 0 Å². The first-order valence-corrected chi connectivity index (χ1v) is 6.77. The number of amides is 2. The summed E-state index contributed by atoms with van der Waals surface area (Å²) in [6, 6.07) is 3.11. The minimum atomic E-state index is -3.06. The van der Waals surface area contributed by atoms with Crippen LogP contribution in [0.3, 0.4) is 0 Å². The van der Waals surface area contributed by atoms with E-state index in [0.29, 0.717) is 13.0 Å². The molecule has 1 aromatic rings. The van der Waals surface area contributed by atoms with Gasteiger partial charge in [0.1, 0.15) is 0 Å². The summed E-state index contributed by atoms with van der Waals surface area (Å²) < 4.78 is 28.0. The molecule has 1 spiro atoms. The Morgan fingerprint density at radius 2 is 2.19 bits per heavy atom. The Kier molecular flexibility index (Phi) is 3.15. The lowest BCUT2D eigenvalue weighted by Crippen LogP contribution is -2.56. The standard InChI is InChI=1S/C14H15F2N3O2/c15-14(16)7-13(3-5-18-12(13)21)8-19(9-14)11(20)10-2-1-4-17-6-10/h1-2,4,6H,3,5,7-9H2,(H,18,21)/t13-/m1/s1. The normalized spacial score (nSPS) is 27.7. The molecular weight excluding hydrogens is 280 g/mol. The van der Waals surface area contributed by atoms with Crippen LogP contribution in [0.25, 0.3) is 0 Å². The second kappa shape index (κ2) is 4.75. The molecule has 0 aromatic carbocycles. The van der Waals surface area contributed by atoms with Crippen molar-refractivity contribution in [1.82, 2.24) is 15.2 Å². The fraction of sp³-hybridized carbons (Fsp3) is 0.500. The van der Waals surface area contributed by atoms with Crippen LogP contribution >= 0.6 is 0 Å². The number of nitrogens with one attached hydrogen (secondary N) is 1. The molecule has 3 heterocycles. The van der Waals surface area contributed by atoms with Gasteiger partial charge >= 0.3 is 0 Å². The smallest absolute Gasteiger partial charge is 0.266 e. The van der Waals surface area contributed by atoms with Crippen LogP contribution in [0.4, 0.5) is 8.78 Å². The van der Waals surface area contributed by atoms with E-state index >= 15 is 0 Å². The average Bonchev–Trinajstić information content (AvgIpc) is 2.77. The van der Waals surface area contributed by atoms with Gasteiger partial charge in [0.05, 0.1) is 17.5 Å². The molecule has 1 N–H and O–H groups in total. The average molecular weight is 295 g/mol. The van der Waals surface area contributed by atoms with Crippen LogP contribution in [0.5, 0.6) is 0 Å². The minimum Gasteiger partial charge on any atom is -0.356 e. The van der Waals surface area contributed by atoms with Gasteiger partial charge < -0.3 is 10.2 Å². The van der Waals surface area contributed by atoms with Crippen molar-refractivity contribution < 1.29 is 18.4 Å². The summed E-state index contributed by atoms with van der Waals surface area (Å²) in [5.74, 6) is -3.95. The quantitative estimate of drug-likeness (QED) is 0.843. The Morgan fingerprint density at radius 3 is 2.81 bits per heavy atom. The number of carbonyl (C=O) groups is 2. The van der Waals surface area contributed by atoms with Gasteiger partial charge in [-0.05, 0) is 18.6 Å². The zero-order valence-electron chi connectivity index (χ0n) is 11.3. The lowest BCUT2D eigenvalue weighted by atomic mass is 9.77. The maximum atomic E-state index is 14.0. The number of hydrogen-bond donors (Lipinski definition) is 1. The summed E-state index contributed by atoms with van der Waals surface area (Å²) in [5, 5.41) is 2.59. The van der Waals surface area contributed by atoms with Crippen LogP contribution in [-0.2, 0) is 4.79 Å².